The van der Waals surface area contributed by atoms with Gasteiger partial charge < -0.3 is 5.11 Å². The summed E-state index contributed by atoms with van der Waals surface area (Å²) in [4.78, 5) is 35.0. The largest absolute Gasteiger partial charge is 0.479 e. The first-order chi connectivity index (χ1) is 13.6. The molecule has 138 valence electrons. The van der Waals surface area contributed by atoms with Crippen LogP contribution in [0.25, 0.3) is 17.1 Å². The summed E-state index contributed by atoms with van der Waals surface area (Å²) in [6.07, 6.45) is 4.86. The Morgan fingerprint density at radius 2 is 1.86 bits per heavy atom. The number of carboxylic acids is 1. The number of hydrogen-bond acceptors (Lipinski definition) is 6. The second kappa shape index (κ2) is 7.49. The van der Waals surface area contributed by atoms with Crippen molar-refractivity contribution in [2.24, 2.45) is 0 Å². The van der Waals surface area contributed by atoms with Crippen LogP contribution in [0.3, 0.4) is 0 Å². The minimum absolute atomic E-state index is 0.207. The van der Waals surface area contributed by atoms with E-state index in [1.807, 2.05) is 18.2 Å². The Morgan fingerprint density at radius 3 is 2.61 bits per heavy atom. The monoisotopic (exact) mass is 407 g/mol. The molecule has 0 spiro atoms. The number of aromatic nitrogens is 2. The zero-order valence-electron chi connectivity index (χ0n) is 14.4. The SMILES string of the molecule is O=C(O)[C@H](c1ccccc1)N1C(=O)/C(=C/c2cccc3nccnc23)SC1=S. The van der Waals surface area contributed by atoms with Gasteiger partial charge in [0.25, 0.3) is 5.91 Å². The van der Waals surface area contributed by atoms with Crippen molar-refractivity contribution >= 4 is 57.3 Å². The van der Waals surface area contributed by atoms with Gasteiger partial charge in [0.05, 0.1) is 15.9 Å². The van der Waals surface area contributed by atoms with Gasteiger partial charge >= 0.3 is 5.97 Å². The first-order valence-corrected chi connectivity index (χ1v) is 9.53. The number of para-hydroxylation sites is 1. The lowest BCUT2D eigenvalue weighted by atomic mass is 10.1. The third-order valence-electron chi connectivity index (χ3n) is 4.25. The standard InChI is InChI=1S/C20H13N3O3S2/c24-18-15(11-13-7-4-8-14-16(13)22-10-9-21-14)28-20(27)23(18)17(19(25)26)12-5-2-1-3-6-12/h1-11,17H,(H,25,26)/b15-11-/t17-/m0/s1. The van der Waals surface area contributed by atoms with Crippen LogP contribution in [0.15, 0.2) is 65.8 Å². The zero-order chi connectivity index (χ0) is 19.7. The van der Waals surface area contributed by atoms with Crippen molar-refractivity contribution in [3.63, 3.8) is 0 Å². The van der Waals surface area contributed by atoms with E-state index >= 15 is 0 Å². The fraction of sp³-hybridized carbons (Fsp3) is 0.0500. The van der Waals surface area contributed by atoms with Gasteiger partial charge in [-0.2, -0.15) is 0 Å². The van der Waals surface area contributed by atoms with Crippen LogP contribution in [0.5, 0.6) is 0 Å². The van der Waals surface area contributed by atoms with Crippen molar-refractivity contribution in [1.82, 2.24) is 14.9 Å². The molecular formula is C20H13N3O3S2. The highest BCUT2D eigenvalue weighted by molar-refractivity contribution is 8.26. The summed E-state index contributed by atoms with van der Waals surface area (Å²) in [5, 5.41) is 9.74. The summed E-state index contributed by atoms with van der Waals surface area (Å²) in [5.41, 5.74) is 2.58. The summed E-state index contributed by atoms with van der Waals surface area (Å²) in [5.74, 6) is -1.58. The number of aliphatic carboxylic acids is 1. The fourth-order valence-corrected chi connectivity index (χ4v) is 4.32. The van der Waals surface area contributed by atoms with Crippen LogP contribution in [0.1, 0.15) is 17.2 Å². The first-order valence-electron chi connectivity index (χ1n) is 8.31. The molecule has 1 aliphatic rings. The van der Waals surface area contributed by atoms with E-state index in [2.05, 4.69) is 9.97 Å². The maximum absolute atomic E-state index is 13.0. The number of thiocarbonyl (C=S) groups is 1. The summed E-state index contributed by atoms with van der Waals surface area (Å²) >= 11 is 6.42. The highest BCUT2D eigenvalue weighted by atomic mass is 32.2. The highest BCUT2D eigenvalue weighted by Crippen LogP contribution is 2.38. The van der Waals surface area contributed by atoms with Crippen molar-refractivity contribution in [2.45, 2.75) is 6.04 Å². The normalized spacial score (nSPS) is 16.7. The van der Waals surface area contributed by atoms with Crippen molar-refractivity contribution < 1.29 is 14.7 Å². The maximum Gasteiger partial charge on any atom is 0.331 e. The molecule has 1 amide bonds. The summed E-state index contributed by atoms with van der Waals surface area (Å²) in [6.45, 7) is 0. The molecule has 3 aromatic rings. The van der Waals surface area contributed by atoms with E-state index in [0.717, 1.165) is 22.2 Å². The molecule has 1 aliphatic heterocycles. The zero-order valence-corrected chi connectivity index (χ0v) is 16.0. The minimum atomic E-state index is -1.17. The molecular weight excluding hydrogens is 394 g/mol. The third kappa shape index (κ3) is 3.28. The lowest BCUT2D eigenvalue weighted by Gasteiger charge is -2.23. The van der Waals surface area contributed by atoms with Gasteiger partial charge in [-0.1, -0.05) is 66.4 Å². The first kappa shape index (κ1) is 18.3. The molecule has 1 fully saturated rings. The van der Waals surface area contributed by atoms with E-state index in [9.17, 15) is 14.7 Å². The van der Waals surface area contributed by atoms with Gasteiger partial charge in [0.2, 0.25) is 0 Å². The molecule has 8 heteroatoms. The molecule has 2 aromatic carbocycles. The van der Waals surface area contributed by atoms with E-state index < -0.39 is 17.9 Å². The van der Waals surface area contributed by atoms with Crippen LogP contribution in [0.2, 0.25) is 0 Å². The number of carboxylic acid groups (broad SMARTS) is 1. The van der Waals surface area contributed by atoms with Gasteiger partial charge in [-0.25, -0.2) is 4.79 Å². The number of hydrogen-bond donors (Lipinski definition) is 1. The van der Waals surface area contributed by atoms with Gasteiger partial charge in [0, 0.05) is 18.0 Å². The molecule has 0 saturated carbocycles. The molecule has 1 aromatic heterocycles. The number of amides is 1. The molecule has 1 atom stereocenters. The Kier molecular flexibility index (Phi) is 4.89. The molecule has 0 unspecified atom stereocenters. The van der Waals surface area contributed by atoms with Crippen LogP contribution >= 0.6 is 24.0 Å². The minimum Gasteiger partial charge on any atom is -0.479 e. The van der Waals surface area contributed by atoms with Gasteiger partial charge in [-0.3, -0.25) is 19.7 Å². The van der Waals surface area contributed by atoms with E-state index in [1.165, 1.54) is 0 Å². The molecule has 0 bridgehead atoms. The molecule has 0 radical (unpaired) electrons. The number of rotatable bonds is 4. The molecule has 2 heterocycles. The van der Waals surface area contributed by atoms with Crippen molar-refractivity contribution in [1.29, 1.82) is 0 Å². The summed E-state index contributed by atoms with van der Waals surface area (Å²) in [6, 6.07) is 12.9. The van der Waals surface area contributed by atoms with Crippen LogP contribution < -0.4 is 0 Å². The fourth-order valence-electron chi connectivity index (χ4n) is 3.01. The summed E-state index contributed by atoms with van der Waals surface area (Å²) in [7, 11) is 0. The number of carbonyl (C=O) groups excluding carboxylic acids is 1. The Balaban J connectivity index is 1.74. The maximum atomic E-state index is 13.0. The lowest BCUT2D eigenvalue weighted by Crippen LogP contribution is -2.37. The second-order valence-corrected chi connectivity index (χ2v) is 7.65. The van der Waals surface area contributed by atoms with Gasteiger partial charge in [0.1, 0.15) is 4.32 Å². The van der Waals surface area contributed by atoms with Crippen molar-refractivity contribution in [3.05, 3.63) is 77.0 Å². The smallest absolute Gasteiger partial charge is 0.331 e. The molecule has 1 saturated heterocycles. The quantitative estimate of drug-likeness (QED) is 0.522. The van der Waals surface area contributed by atoms with Crippen molar-refractivity contribution in [3.8, 4) is 0 Å². The number of thioether (sulfide) groups is 1. The second-order valence-electron chi connectivity index (χ2n) is 5.97. The Morgan fingerprint density at radius 1 is 1.11 bits per heavy atom. The highest BCUT2D eigenvalue weighted by Gasteiger charge is 2.41. The van der Waals surface area contributed by atoms with Crippen LogP contribution in [0.4, 0.5) is 0 Å². The van der Waals surface area contributed by atoms with Crippen molar-refractivity contribution in [2.75, 3.05) is 0 Å². The van der Waals surface area contributed by atoms with Gasteiger partial charge in [-0.05, 0) is 17.7 Å². The third-order valence-corrected chi connectivity index (χ3v) is 5.58. The van der Waals surface area contributed by atoms with E-state index in [0.29, 0.717) is 21.5 Å². The van der Waals surface area contributed by atoms with Gasteiger partial charge in [-0.15, -0.1) is 0 Å². The Labute approximate surface area is 169 Å². The number of carbonyl (C=O) groups is 2. The predicted molar refractivity (Wildman–Crippen MR) is 111 cm³/mol. The number of fused-ring (bicyclic) bond motifs is 1. The number of nitrogens with zero attached hydrogens (tertiary/aromatic N) is 3. The number of benzene rings is 2. The molecule has 1 N–H and O–H groups in total. The Bertz CT molecular complexity index is 1130. The molecule has 0 aliphatic carbocycles. The molecule has 28 heavy (non-hydrogen) atoms. The molecule has 6 nitrogen and oxygen atoms in total. The van der Waals surface area contributed by atoms with Crippen LogP contribution in [-0.2, 0) is 9.59 Å². The van der Waals surface area contributed by atoms with E-state index in [4.69, 9.17) is 12.2 Å². The van der Waals surface area contributed by atoms with E-state index in [1.54, 1.807) is 48.8 Å². The van der Waals surface area contributed by atoms with Crippen LogP contribution in [-0.4, -0.2) is 36.2 Å². The van der Waals surface area contributed by atoms with Crippen LogP contribution in [0, 0.1) is 0 Å². The lowest BCUT2D eigenvalue weighted by molar-refractivity contribution is -0.145. The van der Waals surface area contributed by atoms with Gasteiger partial charge in [0.15, 0.2) is 6.04 Å². The average Bonchev–Trinajstić information content (AvgIpc) is 2.97. The topological polar surface area (TPSA) is 83.4 Å². The average molecular weight is 407 g/mol. The summed E-state index contributed by atoms with van der Waals surface area (Å²) < 4.78 is 0.207. The van der Waals surface area contributed by atoms with E-state index in [-0.39, 0.29) is 4.32 Å². The molecule has 4 rings (SSSR count). The Hall–Kier alpha value is -3.10. The predicted octanol–water partition coefficient (Wildman–Crippen LogP) is 3.66.